The van der Waals surface area contributed by atoms with E-state index in [0.717, 1.165) is 11.8 Å². The average molecular weight is 499 g/mol. The first-order chi connectivity index (χ1) is 16.9. The van der Waals surface area contributed by atoms with E-state index in [1.165, 1.54) is 29.2 Å². The Morgan fingerprint density at radius 3 is 2.40 bits per heavy atom. The molecule has 4 rings (SSSR count). The Morgan fingerprint density at radius 2 is 1.74 bits per heavy atom. The number of ether oxygens (including phenoxy) is 1. The summed E-state index contributed by atoms with van der Waals surface area (Å²) >= 11 is 1.13. The van der Waals surface area contributed by atoms with Gasteiger partial charge in [-0.15, -0.1) is 0 Å². The molecule has 11 heteroatoms. The zero-order chi connectivity index (χ0) is 24.8. The molecule has 0 radical (unpaired) electrons. The summed E-state index contributed by atoms with van der Waals surface area (Å²) in [5, 5.41) is 13.7. The van der Waals surface area contributed by atoms with Crippen molar-refractivity contribution in [3.8, 4) is 0 Å². The van der Waals surface area contributed by atoms with Crippen LogP contribution in [0.1, 0.15) is 22.3 Å². The molecule has 1 N–H and O–H groups in total. The van der Waals surface area contributed by atoms with Gasteiger partial charge in [0, 0.05) is 55.7 Å². The van der Waals surface area contributed by atoms with Gasteiger partial charge in [-0.25, -0.2) is 4.79 Å². The van der Waals surface area contributed by atoms with Gasteiger partial charge in [-0.2, -0.15) is 0 Å². The predicted molar refractivity (Wildman–Crippen MR) is 130 cm³/mol. The maximum atomic E-state index is 13.3. The van der Waals surface area contributed by atoms with Gasteiger partial charge in [-0.3, -0.25) is 24.6 Å². The first-order valence-corrected chi connectivity index (χ1v) is 12.2. The van der Waals surface area contributed by atoms with Crippen LogP contribution in [-0.4, -0.2) is 75.9 Å². The number of likely N-dealkylation sites (tertiary alicyclic amines) is 1. The van der Waals surface area contributed by atoms with E-state index < -0.39 is 17.1 Å². The molecule has 2 aliphatic heterocycles. The lowest BCUT2D eigenvalue weighted by atomic mass is 10.1. The Kier molecular flexibility index (Phi) is 7.98. The fourth-order valence-corrected chi connectivity index (χ4v) is 5.24. The molecule has 0 aromatic heterocycles. The number of carbonyl (C=O) groups excluding carboxylic acids is 3. The number of hydrogen-bond acceptors (Lipinski definition) is 8. The van der Waals surface area contributed by atoms with Crippen LogP contribution in [0.3, 0.4) is 0 Å². The van der Waals surface area contributed by atoms with Crippen molar-refractivity contribution in [1.82, 2.24) is 15.1 Å². The number of rotatable bonds is 6. The largest absolute Gasteiger partial charge is 0.445 e. The highest BCUT2D eigenvalue weighted by atomic mass is 32.2. The molecule has 35 heavy (non-hydrogen) atoms. The molecule has 2 aromatic carbocycles. The second-order valence-electron chi connectivity index (χ2n) is 8.35. The molecule has 0 saturated carbocycles. The number of nitro benzene ring substituents is 1. The zero-order valence-corrected chi connectivity index (χ0v) is 19.8. The Morgan fingerprint density at radius 1 is 1.06 bits per heavy atom. The van der Waals surface area contributed by atoms with Crippen LogP contribution in [0.5, 0.6) is 0 Å². The van der Waals surface area contributed by atoms with Crippen molar-refractivity contribution in [2.45, 2.75) is 24.3 Å². The third-order valence-corrected chi connectivity index (χ3v) is 7.13. The average Bonchev–Trinajstić information content (AvgIpc) is 3.31. The van der Waals surface area contributed by atoms with Crippen LogP contribution in [0, 0.1) is 10.1 Å². The highest BCUT2D eigenvalue weighted by Crippen LogP contribution is 2.31. The summed E-state index contributed by atoms with van der Waals surface area (Å²) in [6.07, 6.45) is -0.286. The minimum Gasteiger partial charge on any atom is -0.445 e. The van der Waals surface area contributed by atoms with E-state index in [0.29, 0.717) is 43.7 Å². The summed E-state index contributed by atoms with van der Waals surface area (Å²) in [6, 6.07) is 13.9. The quantitative estimate of drug-likeness (QED) is 0.477. The number of amides is 2. The monoisotopic (exact) mass is 498 g/mol. The molecule has 184 valence electrons. The van der Waals surface area contributed by atoms with Crippen molar-refractivity contribution >= 4 is 34.6 Å². The highest BCUT2D eigenvalue weighted by molar-refractivity contribution is 8.14. The van der Waals surface area contributed by atoms with Gasteiger partial charge in [0.1, 0.15) is 12.6 Å². The van der Waals surface area contributed by atoms with E-state index in [-0.39, 0.29) is 35.1 Å². The Balaban J connectivity index is 1.43. The second-order valence-corrected chi connectivity index (χ2v) is 9.62. The first kappa shape index (κ1) is 24.7. The first-order valence-electron chi connectivity index (χ1n) is 11.3. The number of piperazine rings is 1. The standard InChI is InChI=1S/C24H26N4O6S/c29-22(26-12-10-25-11-13-26)21-14-20(35-23(30)18-4-2-1-3-5-18)15-27(21)24(31)34-16-17-6-8-19(9-7-17)28(32)33/h1-9,20-21,25H,10-16H2/t20-,21-/m0/s1. The van der Waals surface area contributed by atoms with Crippen molar-refractivity contribution in [2.24, 2.45) is 0 Å². The molecule has 2 aromatic rings. The van der Waals surface area contributed by atoms with Gasteiger partial charge < -0.3 is 15.0 Å². The topological polar surface area (TPSA) is 122 Å². The van der Waals surface area contributed by atoms with Gasteiger partial charge in [0.15, 0.2) is 0 Å². The van der Waals surface area contributed by atoms with E-state index in [1.54, 1.807) is 29.2 Å². The van der Waals surface area contributed by atoms with Gasteiger partial charge in [-0.1, -0.05) is 42.1 Å². The number of benzene rings is 2. The molecule has 10 nitrogen and oxygen atoms in total. The molecule has 2 amide bonds. The molecule has 0 spiro atoms. The molecule has 0 bridgehead atoms. The van der Waals surface area contributed by atoms with Crippen LogP contribution in [0.4, 0.5) is 10.5 Å². The summed E-state index contributed by atoms with van der Waals surface area (Å²) in [5.74, 6) is -0.144. The van der Waals surface area contributed by atoms with Crippen LogP contribution < -0.4 is 5.32 Å². The smallest absolute Gasteiger partial charge is 0.410 e. The minimum atomic E-state index is -0.710. The number of hydrogen-bond donors (Lipinski definition) is 1. The summed E-state index contributed by atoms with van der Waals surface area (Å²) < 4.78 is 5.46. The van der Waals surface area contributed by atoms with Crippen molar-refractivity contribution in [2.75, 3.05) is 32.7 Å². The number of nitrogens with one attached hydrogen (secondary N) is 1. The molecular formula is C24H26N4O6S. The molecule has 2 aliphatic rings. The van der Waals surface area contributed by atoms with Crippen LogP contribution in [0.15, 0.2) is 54.6 Å². The van der Waals surface area contributed by atoms with Gasteiger partial charge >= 0.3 is 6.09 Å². The van der Waals surface area contributed by atoms with Gasteiger partial charge in [0.2, 0.25) is 11.0 Å². The van der Waals surface area contributed by atoms with E-state index in [1.807, 2.05) is 6.07 Å². The minimum absolute atomic E-state index is 0.0516. The summed E-state index contributed by atoms with van der Waals surface area (Å²) in [7, 11) is 0. The van der Waals surface area contributed by atoms with Crippen molar-refractivity contribution in [3.05, 3.63) is 75.8 Å². The lowest BCUT2D eigenvalue weighted by molar-refractivity contribution is -0.384. The lowest BCUT2D eigenvalue weighted by Crippen LogP contribution is -2.53. The third kappa shape index (κ3) is 6.17. The Hall–Kier alpha value is -3.44. The lowest BCUT2D eigenvalue weighted by Gasteiger charge is -2.32. The maximum absolute atomic E-state index is 13.3. The van der Waals surface area contributed by atoms with Crippen LogP contribution >= 0.6 is 11.8 Å². The molecule has 0 aliphatic carbocycles. The van der Waals surface area contributed by atoms with Gasteiger partial charge in [0.05, 0.1) is 4.92 Å². The highest BCUT2D eigenvalue weighted by Gasteiger charge is 2.43. The zero-order valence-electron chi connectivity index (χ0n) is 19.0. The van der Waals surface area contributed by atoms with E-state index in [2.05, 4.69) is 5.32 Å². The van der Waals surface area contributed by atoms with Crippen LogP contribution in [0.2, 0.25) is 0 Å². The molecule has 2 atom stereocenters. The SMILES string of the molecule is O=C(S[C@H]1C[C@@H](C(=O)N2CCNCC2)N(C(=O)OCc2ccc([N+](=O)[O-])cc2)C1)c1ccccc1. The number of nitrogens with zero attached hydrogens (tertiary/aromatic N) is 3. The van der Waals surface area contributed by atoms with E-state index >= 15 is 0 Å². The third-order valence-electron chi connectivity index (χ3n) is 6.00. The number of carbonyl (C=O) groups is 3. The Bertz CT molecular complexity index is 1080. The summed E-state index contributed by atoms with van der Waals surface area (Å²) in [4.78, 5) is 52.5. The number of nitro groups is 1. The van der Waals surface area contributed by atoms with Crippen LogP contribution in [0.25, 0.3) is 0 Å². The van der Waals surface area contributed by atoms with Crippen molar-refractivity contribution in [3.63, 3.8) is 0 Å². The number of thioether (sulfide) groups is 1. The molecule has 2 fully saturated rings. The number of non-ortho nitro benzene ring substituents is 1. The fourth-order valence-electron chi connectivity index (χ4n) is 4.15. The second kappa shape index (κ2) is 11.3. The Labute approximate surface area is 206 Å². The molecule has 2 heterocycles. The van der Waals surface area contributed by atoms with Gasteiger partial charge in [-0.05, 0) is 24.1 Å². The van der Waals surface area contributed by atoms with E-state index in [9.17, 15) is 24.5 Å². The summed E-state index contributed by atoms with van der Waals surface area (Å²) in [5.41, 5.74) is 1.12. The fraction of sp³-hybridized carbons (Fsp3) is 0.375. The molecular weight excluding hydrogens is 472 g/mol. The normalized spacial score (nSPS) is 19.9. The predicted octanol–water partition coefficient (Wildman–Crippen LogP) is 2.68. The molecule has 2 saturated heterocycles. The summed E-state index contributed by atoms with van der Waals surface area (Å²) in [6.45, 7) is 2.62. The van der Waals surface area contributed by atoms with Crippen LogP contribution in [-0.2, 0) is 16.1 Å². The molecule has 0 unspecified atom stereocenters. The van der Waals surface area contributed by atoms with Crippen molar-refractivity contribution in [1.29, 1.82) is 0 Å². The van der Waals surface area contributed by atoms with Crippen molar-refractivity contribution < 1.29 is 24.0 Å². The van der Waals surface area contributed by atoms with E-state index in [4.69, 9.17) is 4.74 Å². The maximum Gasteiger partial charge on any atom is 0.410 e. The van der Waals surface area contributed by atoms with Gasteiger partial charge in [0.25, 0.3) is 5.69 Å².